The van der Waals surface area contributed by atoms with Crippen molar-refractivity contribution < 1.29 is 0 Å². The molecule has 0 aromatic heterocycles. The molecule has 0 bridgehead atoms. The van der Waals surface area contributed by atoms with Crippen LogP contribution in [0.25, 0.3) is 0 Å². The quantitative estimate of drug-likeness (QED) is 0.477. The zero-order chi connectivity index (χ0) is 9.44. The molecule has 0 radical (unpaired) electrons. The topological polar surface area (TPSA) is 0 Å². The highest BCUT2D eigenvalue weighted by atomic mass is 14.0. The van der Waals surface area contributed by atoms with Gasteiger partial charge in [0.15, 0.2) is 0 Å². The van der Waals surface area contributed by atoms with Crippen LogP contribution in [0.1, 0.15) is 84.6 Å². The van der Waals surface area contributed by atoms with Gasteiger partial charge in [0.2, 0.25) is 0 Å². The van der Waals surface area contributed by atoms with Gasteiger partial charge in [-0.3, -0.25) is 0 Å². The molecule has 0 fully saturated rings. The summed E-state index contributed by atoms with van der Waals surface area (Å²) in [4.78, 5) is 0. The van der Waals surface area contributed by atoms with Crippen LogP contribution in [0.15, 0.2) is 0 Å². The molecule has 0 aliphatic rings. The summed E-state index contributed by atoms with van der Waals surface area (Å²) in [6, 6.07) is 0. The average molecular weight is 223 g/mol. The van der Waals surface area contributed by atoms with E-state index in [0.29, 0.717) is 0 Å². The molecule has 0 saturated carbocycles. The number of hydrogen-bond donors (Lipinski definition) is 0. The summed E-state index contributed by atoms with van der Waals surface area (Å²) < 4.78 is 0. The van der Waals surface area contributed by atoms with E-state index < -0.39 is 0 Å². The lowest BCUT2D eigenvalue weighted by Crippen LogP contribution is -1.95. The van der Waals surface area contributed by atoms with Crippen LogP contribution in [0, 0.1) is 17.8 Å². The van der Waals surface area contributed by atoms with Crippen molar-refractivity contribution in [2.45, 2.75) is 84.6 Å². The fraction of sp³-hybridized carbons (Fsp3) is 1.00. The van der Waals surface area contributed by atoms with Gasteiger partial charge in [-0.15, -0.1) is 0 Å². The normalized spacial score (nSPS) is 7.60. The van der Waals surface area contributed by atoms with Gasteiger partial charge in [-0.1, -0.05) is 84.6 Å². The van der Waals surface area contributed by atoms with E-state index in [-0.39, 0.29) is 29.7 Å². The van der Waals surface area contributed by atoms with Gasteiger partial charge in [0, 0.05) is 0 Å². The van der Waals surface area contributed by atoms with Crippen molar-refractivity contribution in [3.63, 3.8) is 0 Å². The zero-order valence-corrected chi connectivity index (χ0v) is 9.44. The van der Waals surface area contributed by atoms with Crippen LogP contribution in [0.3, 0.4) is 0 Å². The van der Waals surface area contributed by atoms with Gasteiger partial charge >= 0.3 is 0 Å². The average Bonchev–Trinajstić information content (AvgIpc) is 1.89. The molecule has 15 heavy (non-hydrogen) atoms. The first-order valence-electron chi connectivity index (χ1n) is 4.91. The summed E-state index contributed by atoms with van der Waals surface area (Å²) >= 11 is 0. The Morgan fingerprint density at radius 2 is 0.733 bits per heavy atom. The van der Waals surface area contributed by atoms with E-state index in [1.807, 2.05) is 0 Å². The second kappa shape index (κ2) is 23.7. The van der Waals surface area contributed by atoms with Gasteiger partial charge in [-0.05, 0) is 17.8 Å². The molecule has 0 rings (SSSR count). The highest BCUT2D eigenvalue weighted by molar-refractivity contribution is 4.46. The van der Waals surface area contributed by atoms with Crippen molar-refractivity contribution in [2.75, 3.05) is 0 Å². The molecule has 0 aromatic rings. The largest absolute Gasteiger partial charge is 0.0776 e. The summed E-state index contributed by atoms with van der Waals surface area (Å²) in [5.74, 6) is 2.59. The summed E-state index contributed by atoms with van der Waals surface area (Å²) in [7, 11) is 0. The summed E-state index contributed by atoms with van der Waals surface area (Å²) in [6.45, 7) is 15.6. The first kappa shape index (κ1) is 36.3. The van der Waals surface area contributed by atoms with Crippen molar-refractivity contribution >= 4 is 0 Å². The molecule has 0 heterocycles. The molecule has 0 saturated heterocycles. The lowest BCUT2D eigenvalue weighted by Gasteiger charge is -2.05. The Bertz CT molecular complexity index is 54.4. The van der Waals surface area contributed by atoms with Crippen LogP contribution in [-0.4, -0.2) is 0 Å². The minimum absolute atomic E-state index is 0. The molecule has 0 aliphatic heterocycles. The van der Waals surface area contributed by atoms with E-state index in [1.165, 1.54) is 6.42 Å². The lowest BCUT2D eigenvalue weighted by molar-refractivity contribution is 0.457. The second-order valence-electron chi connectivity index (χ2n) is 4.29. The molecule has 0 heteroatoms. The molecular weight excluding hydrogens is 180 g/mol. The zero-order valence-electron chi connectivity index (χ0n) is 9.44. The fourth-order valence-electron chi connectivity index (χ4n) is 0. The maximum Gasteiger partial charge on any atom is -0.0448 e. The first-order chi connectivity index (χ1) is 4.91. The van der Waals surface area contributed by atoms with Crippen LogP contribution >= 0.6 is 0 Å². The van der Waals surface area contributed by atoms with E-state index in [2.05, 4.69) is 48.5 Å². The predicted molar refractivity (Wildman–Crippen MR) is 81.7 cm³/mol. The van der Waals surface area contributed by atoms with Crippen LogP contribution in [0.4, 0.5) is 0 Å². The Hall–Kier alpha value is 0. The van der Waals surface area contributed by atoms with Gasteiger partial charge < -0.3 is 0 Å². The molecular formula is C15H42. The molecule has 0 aromatic carbocycles. The minimum atomic E-state index is 0. The monoisotopic (exact) mass is 222 g/mol. The third-order valence-corrected chi connectivity index (χ3v) is 2.15. The predicted octanol–water partition coefficient (Wildman–Crippen LogP) is 6.90. The van der Waals surface area contributed by atoms with E-state index in [0.717, 1.165) is 17.8 Å². The van der Waals surface area contributed by atoms with E-state index >= 15 is 0 Å². The Kier molecular flexibility index (Phi) is 57.3. The highest BCUT2D eigenvalue weighted by Crippen LogP contribution is 2.05. The number of rotatable bonds is 2. The smallest absolute Gasteiger partial charge is 0.0448 e. The first-order valence-corrected chi connectivity index (χ1v) is 4.91. The summed E-state index contributed by atoms with van der Waals surface area (Å²) in [5.41, 5.74) is 0. The van der Waals surface area contributed by atoms with Gasteiger partial charge in [0.25, 0.3) is 0 Å². The second-order valence-corrected chi connectivity index (χ2v) is 4.29. The maximum absolute atomic E-state index is 2.24. The van der Waals surface area contributed by atoms with Crippen LogP contribution < -0.4 is 0 Å². The molecule has 0 aliphatic carbocycles. The van der Waals surface area contributed by atoms with Crippen LogP contribution in [0.5, 0.6) is 0 Å². The van der Waals surface area contributed by atoms with Gasteiger partial charge in [-0.2, -0.15) is 0 Å². The van der Waals surface area contributed by atoms with Gasteiger partial charge in [0.05, 0.1) is 0 Å². The Morgan fingerprint density at radius 1 is 0.600 bits per heavy atom. The minimum Gasteiger partial charge on any atom is -0.0776 e. The van der Waals surface area contributed by atoms with Crippen molar-refractivity contribution in [1.82, 2.24) is 0 Å². The SMILES string of the molecule is C.C.C.C.CC(C)C(C)C.CCC(C)C. The van der Waals surface area contributed by atoms with E-state index in [1.54, 1.807) is 0 Å². The lowest BCUT2D eigenvalue weighted by atomic mass is 10.0. The molecule has 0 N–H and O–H groups in total. The Morgan fingerprint density at radius 3 is 0.733 bits per heavy atom. The van der Waals surface area contributed by atoms with Gasteiger partial charge in [-0.25, -0.2) is 0 Å². The van der Waals surface area contributed by atoms with Crippen molar-refractivity contribution in [1.29, 1.82) is 0 Å². The van der Waals surface area contributed by atoms with Crippen molar-refractivity contribution in [3.05, 3.63) is 0 Å². The molecule has 0 spiro atoms. The number of hydrogen-bond acceptors (Lipinski definition) is 0. The third kappa shape index (κ3) is 56.0. The third-order valence-electron chi connectivity index (χ3n) is 2.15. The maximum atomic E-state index is 2.24. The van der Waals surface area contributed by atoms with Crippen LogP contribution in [0.2, 0.25) is 0 Å². The molecule has 0 unspecified atom stereocenters. The fourth-order valence-corrected chi connectivity index (χ4v) is 0. The standard InChI is InChI=1S/C6H14.C5H12.4CH4/c1-5(2)6(3)4;1-4-5(2)3;;;;/h5-6H,1-4H3;5H,4H2,1-3H3;4*1H4. The molecule has 0 atom stereocenters. The highest BCUT2D eigenvalue weighted by Gasteiger charge is 1.95. The van der Waals surface area contributed by atoms with E-state index in [9.17, 15) is 0 Å². The van der Waals surface area contributed by atoms with Crippen molar-refractivity contribution in [2.24, 2.45) is 17.8 Å². The van der Waals surface area contributed by atoms with E-state index in [4.69, 9.17) is 0 Å². The summed E-state index contributed by atoms with van der Waals surface area (Å²) in [5, 5.41) is 0. The molecule has 102 valence electrons. The molecule has 0 amide bonds. The summed E-state index contributed by atoms with van der Waals surface area (Å²) in [6.07, 6.45) is 1.31. The molecule has 0 nitrogen and oxygen atoms in total. The van der Waals surface area contributed by atoms with Gasteiger partial charge in [0.1, 0.15) is 0 Å². The van der Waals surface area contributed by atoms with Crippen molar-refractivity contribution in [3.8, 4) is 0 Å². The Labute approximate surface area is 103 Å². The Balaban J connectivity index is -0.0000000215. The van der Waals surface area contributed by atoms with Crippen LogP contribution in [-0.2, 0) is 0 Å².